The third-order valence-corrected chi connectivity index (χ3v) is 4.38. The molecule has 3 nitrogen and oxygen atoms in total. The van der Waals surface area contributed by atoms with Crippen LogP contribution in [0.1, 0.15) is 32.8 Å². The molecule has 1 aliphatic rings. The Morgan fingerprint density at radius 2 is 2.05 bits per heavy atom. The maximum Gasteiger partial charge on any atom is 0.118 e. The summed E-state index contributed by atoms with van der Waals surface area (Å²) in [6, 6.07) is 9.00. The van der Waals surface area contributed by atoms with Gasteiger partial charge in [0.1, 0.15) is 5.75 Å². The zero-order valence-electron chi connectivity index (χ0n) is 12.6. The molecule has 1 fully saturated rings. The molecule has 0 aliphatic carbocycles. The summed E-state index contributed by atoms with van der Waals surface area (Å²) in [5, 5.41) is 3.60. The van der Waals surface area contributed by atoms with Crippen LogP contribution in [-0.4, -0.2) is 36.7 Å². The van der Waals surface area contributed by atoms with Crippen LogP contribution >= 0.6 is 0 Å². The number of hydrogen-bond donors (Lipinski definition) is 1. The van der Waals surface area contributed by atoms with Gasteiger partial charge in [0.05, 0.1) is 7.11 Å². The predicted octanol–water partition coefficient (Wildman–Crippen LogP) is 2.66. The summed E-state index contributed by atoms with van der Waals surface area (Å²) in [5.74, 6) is 0.927. The minimum atomic E-state index is 0.256. The lowest BCUT2D eigenvalue weighted by molar-refractivity contribution is 0.0453. The Morgan fingerprint density at radius 1 is 1.37 bits per heavy atom. The highest BCUT2D eigenvalue weighted by Crippen LogP contribution is 2.25. The predicted molar refractivity (Wildman–Crippen MR) is 79.6 cm³/mol. The molecule has 0 bridgehead atoms. The van der Waals surface area contributed by atoms with Crippen LogP contribution in [0.15, 0.2) is 24.3 Å². The Kier molecular flexibility index (Phi) is 4.48. The summed E-state index contributed by atoms with van der Waals surface area (Å²) in [5.41, 5.74) is 1.61. The van der Waals surface area contributed by atoms with Crippen molar-refractivity contribution in [3.05, 3.63) is 29.8 Å². The third kappa shape index (κ3) is 3.28. The van der Waals surface area contributed by atoms with Gasteiger partial charge in [0.2, 0.25) is 0 Å². The lowest BCUT2D eigenvalue weighted by Crippen LogP contribution is -2.61. The Labute approximate surface area is 116 Å². The Balaban J connectivity index is 2.09. The first kappa shape index (κ1) is 14.4. The summed E-state index contributed by atoms with van der Waals surface area (Å²) in [6.07, 6.45) is 1.17. The molecule has 0 amide bonds. The first-order valence-corrected chi connectivity index (χ1v) is 7.19. The van der Waals surface area contributed by atoms with Gasteiger partial charge in [-0.1, -0.05) is 19.1 Å². The van der Waals surface area contributed by atoms with E-state index in [9.17, 15) is 0 Å². The summed E-state index contributed by atoms with van der Waals surface area (Å²) >= 11 is 0. The molecule has 1 aromatic rings. The number of nitrogens with one attached hydrogen (secondary N) is 1. The fraction of sp³-hybridized carbons (Fsp3) is 0.625. The lowest BCUT2D eigenvalue weighted by Gasteiger charge is -2.47. The monoisotopic (exact) mass is 262 g/mol. The molecule has 1 heterocycles. The molecule has 2 rings (SSSR count). The SMILES string of the molecule is CCC1(C)CNC(C)CN1Cc1ccc(OC)cc1. The molecule has 0 saturated carbocycles. The van der Waals surface area contributed by atoms with E-state index in [1.54, 1.807) is 7.11 Å². The molecule has 2 atom stereocenters. The van der Waals surface area contributed by atoms with Gasteiger partial charge in [0.15, 0.2) is 0 Å². The van der Waals surface area contributed by atoms with Crippen molar-refractivity contribution in [2.45, 2.75) is 45.3 Å². The normalized spacial score (nSPS) is 28.3. The van der Waals surface area contributed by atoms with Gasteiger partial charge in [-0.15, -0.1) is 0 Å². The van der Waals surface area contributed by atoms with Crippen molar-refractivity contribution in [1.29, 1.82) is 0 Å². The minimum absolute atomic E-state index is 0.256. The van der Waals surface area contributed by atoms with Crippen molar-refractivity contribution in [2.24, 2.45) is 0 Å². The number of hydrogen-bond acceptors (Lipinski definition) is 3. The minimum Gasteiger partial charge on any atom is -0.497 e. The van der Waals surface area contributed by atoms with E-state index < -0.39 is 0 Å². The molecule has 0 aromatic heterocycles. The number of nitrogens with zero attached hydrogens (tertiary/aromatic N) is 1. The van der Waals surface area contributed by atoms with E-state index >= 15 is 0 Å². The van der Waals surface area contributed by atoms with Crippen LogP contribution in [0.3, 0.4) is 0 Å². The standard InChI is InChI=1S/C16H26N2O/c1-5-16(3)12-17-13(2)10-18(16)11-14-6-8-15(19-4)9-7-14/h6-9,13,17H,5,10-12H2,1-4H3. The Morgan fingerprint density at radius 3 is 2.63 bits per heavy atom. The first-order chi connectivity index (χ1) is 9.07. The average molecular weight is 262 g/mol. The van der Waals surface area contributed by atoms with E-state index in [4.69, 9.17) is 4.74 Å². The zero-order valence-corrected chi connectivity index (χ0v) is 12.6. The second-order valence-corrected chi connectivity index (χ2v) is 5.86. The summed E-state index contributed by atoms with van der Waals surface area (Å²) in [6.45, 7) is 10.1. The topological polar surface area (TPSA) is 24.5 Å². The van der Waals surface area contributed by atoms with E-state index in [2.05, 4.69) is 43.1 Å². The van der Waals surface area contributed by atoms with E-state index in [-0.39, 0.29) is 5.54 Å². The van der Waals surface area contributed by atoms with Crippen molar-refractivity contribution in [1.82, 2.24) is 10.2 Å². The highest BCUT2D eigenvalue weighted by atomic mass is 16.5. The molecule has 3 heteroatoms. The molecule has 19 heavy (non-hydrogen) atoms. The summed E-state index contributed by atoms with van der Waals surface area (Å²) in [4.78, 5) is 2.61. The van der Waals surface area contributed by atoms with Crippen LogP contribution in [0.25, 0.3) is 0 Å². The number of rotatable bonds is 4. The van der Waals surface area contributed by atoms with Crippen molar-refractivity contribution < 1.29 is 4.74 Å². The maximum atomic E-state index is 5.21. The van der Waals surface area contributed by atoms with Crippen LogP contribution < -0.4 is 10.1 Å². The fourth-order valence-electron chi connectivity index (χ4n) is 2.68. The van der Waals surface area contributed by atoms with Gasteiger partial charge in [0, 0.05) is 31.2 Å². The van der Waals surface area contributed by atoms with Crippen LogP contribution in [-0.2, 0) is 6.54 Å². The number of benzene rings is 1. The van der Waals surface area contributed by atoms with E-state index in [1.807, 2.05) is 12.1 Å². The van der Waals surface area contributed by atoms with Gasteiger partial charge in [-0.25, -0.2) is 0 Å². The van der Waals surface area contributed by atoms with Gasteiger partial charge in [0.25, 0.3) is 0 Å². The largest absolute Gasteiger partial charge is 0.497 e. The number of methoxy groups -OCH3 is 1. The average Bonchev–Trinajstić information content (AvgIpc) is 2.44. The molecule has 106 valence electrons. The molecular weight excluding hydrogens is 236 g/mol. The molecule has 0 spiro atoms. The zero-order chi connectivity index (χ0) is 13.9. The van der Waals surface area contributed by atoms with E-state index in [0.29, 0.717) is 6.04 Å². The van der Waals surface area contributed by atoms with Crippen molar-refractivity contribution in [3.8, 4) is 5.75 Å². The second kappa shape index (κ2) is 5.93. The van der Waals surface area contributed by atoms with Crippen molar-refractivity contribution in [2.75, 3.05) is 20.2 Å². The lowest BCUT2D eigenvalue weighted by atomic mass is 9.92. The molecule has 1 saturated heterocycles. The van der Waals surface area contributed by atoms with Gasteiger partial charge in [-0.05, 0) is 38.0 Å². The molecule has 0 radical (unpaired) electrons. The second-order valence-electron chi connectivity index (χ2n) is 5.86. The number of piperazine rings is 1. The Hall–Kier alpha value is -1.06. The molecule has 1 N–H and O–H groups in total. The van der Waals surface area contributed by atoms with Gasteiger partial charge in [-0.3, -0.25) is 4.90 Å². The maximum absolute atomic E-state index is 5.21. The molecule has 1 aliphatic heterocycles. The highest BCUT2D eigenvalue weighted by Gasteiger charge is 2.34. The van der Waals surface area contributed by atoms with Gasteiger partial charge in [-0.2, -0.15) is 0 Å². The van der Waals surface area contributed by atoms with Crippen LogP contribution in [0, 0.1) is 0 Å². The molecular formula is C16H26N2O. The molecule has 2 unspecified atom stereocenters. The fourth-order valence-corrected chi connectivity index (χ4v) is 2.68. The highest BCUT2D eigenvalue weighted by molar-refractivity contribution is 5.27. The summed E-state index contributed by atoms with van der Waals surface area (Å²) < 4.78 is 5.21. The first-order valence-electron chi connectivity index (χ1n) is 7.19. The number of ether oxygens (including phenoxy) is 1. The van der Waals surface area contributed by atoms with E-state index in [0.717, 1.165) is 25.4 Å². The van der Waals surface area contributed by atoms with Crippen molar-refractivity contribution >= 4 is 0 Å². The smallest absolute Gasteiger partial charge is 0.118 e. The van der Waals surface area contributed by atoms with Crippen LogP contribution in [0.2, 0.25) is 0 Å². The quantitative estimate of drug-likeness (QED) is 0.903. The van der Waals surface area contributed by atoms with Crippen LogP contribution in [0.4, 0.5) is 0 Å². The van der Waals surface area contributed by atoms with Crippen LogP contribution in [0.5, 0.6) is 5.75 Å². The summed E-state index contributed by atoms with van der Waals surface area (Å²) in [7, 11) is 1.71. The van der Waals surface area contributed by atoms with Gasteiger partial charge < -0.3 is 10.1 Å². The molecule has 1 aromatic carbocycles. The Bertz CT molecular complexity index is 404. The van der Waals surface area contributed by atoms with Gasteiger partial charge >= 0.3 is 0 Å². The third-order valence-electron chi connectivity index (χ3n) is 4.38. The van der Waals surface area contributed by atoms with Crippen molar-refractivity contribution in [3.63, 3.8) is 0 Å². The van der Waals surface area contributed by atoms with E-state index in [1.165, 1.54) is 12.0 Å².